The third-order valence-electron chi connectivity index (χ3n) is 5.31. The number of carbonyl (C=O) groups excluding carboxylic acids is 3. The molecule has 11 heteroatoms. The fourth-order valence-corrected chi connectivity index (χ4v) is 3.58. The minimum atomic E-state index is -0.837. The number of hydrogen-bond acceptors (Lipinski definition) is 9. The van der Waals surface area contributed by atoms with Crippen LogP contribution in [0.3, 0.4) is 0 Å². The van der Waals surface area contributed by atoms with Crippen LogP contribution >= 0.6 is 0 Å². The maximum atomic E-state index is 12.9. The van der Waals surface area contributed by atoms with Crippen molar-refractivity contribution in [2.45, 2.75) is 25.9 Å². The molecule has 1 saturated heterocycles. The Morgan fingerprint density at radius 3 is 2.56 bits per heavy atom. The molecule has 3 aromatic rings. The maximum absolute atomic E-state index is 12.9. The topological polar surface area (TPSA) is 138 Å². The molecule has 2 amide bonds. The number of imide groups is 1. The average molecular weight is 466 g/mol. The van der Waals surface area contributed by atoms with Crippen LogP contribution in [0.5, 0.6) is 11.7 Å². The summed E-state index contributed by atoms with van der Waals surface area (Å²) in [6, 6.07) is 12.0. The number of anilines is 1. The summed E-state index contributed by atoms with van der Waals surface area (Å²) in [6.07, 6.45) is -0.0829. The number of rotatable bonds is 8. The van der Waals surface area contributed by atoms with Gasteiger partial charge in [0.15, 0.2) is 5.95 Å². The summed E-state index contributed by atoms with van der Waals surface area (Å²) in [6.45, 7) is 1.90. The molecule has 0 spiro atoms. The van der Waals surface area contributed by atoms with Gasteiger partial charge < -0.3 is 19.1 Å². The molecule has 11 nitrogen and oxygen atoms in total. The van der Waals surface area contributed by atoms with Gasteiger partial charge in [-0.15, -0.1) is 0 Å². The van der Waals surface area contributed by atoms with Gasteiger partial charge in [0.1, 0.15) is 5.75 Å². The maximum Gasteiger partial charge on any atom is 0.338 e. The van der Waals surface area contributed by atoms with Crippen LogP contribution in [0, 0.1) is 0 Å². The number of nitrogens with one attached hydrogen (secondary N) is 1. The summed E-state index contributed by atoms with van der Waals surface area (Å²) < 4.78 is 16.2. The highest BCUT2D eigenvalue weighted by atomic mass is 16.6. The highest BCUT2D eigenvalue weighted by Gasteiger charge is 2.40. The van der Waals surface area contributed by atoms with E-state index in [1.165, 1.54) is 28.9 Å². The van der Waals surface area contributed by atoms with Crippen LogP contribution in [-0.2, 0) is 20.9 Å². The molecule has 1 N–H and O–H groups in total. The smallest absolute Gasteiger partial charge is 0.338 e. The van der Waals surface area contributed by atoms with Crippen molar-refractivity contribution in [1.82, 2.24) is 10.6 Å². The van der Waals surface area contributed by atoms with Crippen molar-refractivity contribution in [2.24, 2.45) is 0 Å². The van der Waals surface area contributed by atoms with E-state index in [2.05, 4.69) is 10.6 Å². The van der Waals surface area contributed by atoms with Gasteiger partial charge in [0.05, 0.1) is 49.2 Å². The second-order valence-electron chi connectivity index (χ2n) is 7.39. The van der Waals surface area contributed by atoms with Crippen molar-refractivity contribution >= 4 is 23.5 Å². The van der Waals surface area contributed by atoms with Crippen LogP contribution in [0.2, 0.25) is 0 Å². The van der Waals surface area contributed by atoms with Crippen molar-refractivity contribution in [2.75, 3.05) is 18.6 Å². The lowest BCUT2D eigenvalue weighted by Crippen LogP contribution is -2.43. The molecule has 2 aromatic carbocycles. The number of nitrogens with zero attached hydrogens (tertiary/aromatic N) is 3. The van der Waals surface area contributed by atoms with Crippen molar-refractivity contribution in [1.29, 1.82) is 0 Å². The fourth-order valence-electron chi connectivity index (χ4n) is 3.58. The minimum Gasteiger partial charge on any atom is -0.539 e. The lowest BCUT2D eigenvalue weighted by Gasteiger charge is -2.15. The second kappa shape index (κ2) is 9.71. The van der Waals surface area contributed by atoms with Crippen LogP contribution in [0.4, 0.5) is 5.69 Å². The number of amides is 2. The monoisotopic (exact) mass is 466 g/mol. The van der Waals surface area contributed by atoms with Gasteiger partial charge in [-0.1, -0.05) is 0 Å². The number of benzene rings is 2. The van der Waals surface area contributed by atoms with Gasteiger partial charge in [0.2, 0.25) is 11.6 Å². The molecular formula is C23H22N4O7. The van der Waals surface area contributed by atoms with Gasteiger partial charge in [0, 0.05) is 12.1 Å². The molecule has 1 fully saturated rings. The number of aromatic nitrogens is 2. The Morgan fingerprint density at radius 2 is 1.91 bits per heavy atom. The van der Waals surface area contributed by atoms with Crippen molar-refractivity contribution in [3.05, 3.63) is 59.8 Å². The van der Waals surface area contributed by atoms with E-state index < -0.39 is 29.8 Å². The van der Waals surface area contributed by atoms with Gasteiger partial charge in [-0.05, 0) is 48.0 Å². The minimum absolute atomic E-state index is 0.0479. The van der Waals surface area contributed by atoms with Gasteiger partial charge >= 0.3 is 5.97 Å². The van der Waals surface area contributed by atoms with E-state index in [9.17, 15) is 19.5 Å². The Labute approximate surface area is 194 Å². The Balaban J connectivity index is 1.46. The van der Waals surface area contributed by atoms with Gasteiger partial charge in [-0.3, -0.25) is 14.9 Å². The van der Waals surface area contributed by atoms with Crippen molar-refractivity contribution in [3.8, 4) is 17.4 Å². The second-order valence-corrected chi connectivity index (χ2v) is 7.39. The first-order chi connectivity index (χ1) is 16.4. The quantitative estimate of drug-likeness (QED) is 0.288. The molecule has 4 rings (SSSR count). The summed E-state index contributed by atoms with van der Waals surface area (Å²) in [4.78, 5) is 38.3. The van der Waals surface area contributed by atoms with E-state index in [4.69, 9.17) is 14.0 Å². The Kier molecular flexibility index (Phi) is 6.55. The van der Waals surface area contributed by atoms with Gasteiger partial charge in [-0.2, -0.15) is 0 Å². The molecule has 1 aromatic heterocycles. The van der Waals surface area contributed by atoms with E-state index in [0.717, 1.165) is 4.90 Å². The molecule has 0 aliphatic carbocycles. The van der Waals surface area contributed by atoms with Crippen LogP contribution in [0.1, 0.15) is 29.4 Å². The summed E-state index contributed by atoms with van der Waals surface area (Å²) >= 11 is 0. The normalized spacial score (nSPS) is 15.6. The standard InChI is InChI=1S/C23H22N4O7/c1-3-33-22(30)14-4-6-15(7-5-14)26-20(28)12-18(21(26)29)24-13-19-23(31)34-25-27(19)16-8-10-17(32-2)11-9-16/h4-11,18,24H,3,12-13H2,1-2H3. The lowest BCUT2D eigenvalue weighted by atomic mass is 10.2. The predicted octanol–water partition coefficient (Wildman–Crippen LogP) is 0.632. The average Bonchev–Trinajstić information content (AvgIpc) is 3.35. The van der Waals surface area contributed by atoms with Crippen LogP contribution in [0.15, 0.2) is 53.1 Å². The van der Waals surface area contributed by atoms with Crippen LogP contribution in [0.25, 0.3) is 5.69 Å². The summed E-state index contributed by atoms with van der Waals surface area (Å²) in [5.41, 5.74) is 1.40. The number of esters is 1. The highest BCUT2D eigenvalue weighted by Crippen LogP contribution is 2.24. The lowest BCUT2D eigenvalue weighted by molar-refractivity contribution is -0.677. The molecule has 176 valence electrons. The Morgan fingerprint density at radius 1 is 1.21 bits per heavy atom. The van der Waals surface area contributed by atoms with Gasteiger partial charge in [0.25, 0.3) is 11.6 Å². The first-order valence-electron chi connectivity index (χ1n) is 10.5. The number of hydrogen-bond donors (Lipinski definition) is 1. The van der Waals surface area contributed by atoms with Crippen molar-refractivity contribution < 1.29 is 38.2 Å². The molecular weight excluding hydrogens is 444 g/mol. The Bertz CT molecular complexity index is 1210. The molecule has 34 heavy (non-hydrogen) atoms. The van der Waals surface area contributed by atoms with E-state index in [-0.39, 0.29) is 25.3 Å². The number of methoxy groups -OCH3 is 1. The first kappa shape index (κ1) is 22.9. The molecule has 1 aliphatic rings. The fraction of sp³-hybridized carbons (Fsp3) is 0.261. The Hall–Kier alpha value is -4.25. The van der Waals surface area contributed by atoms with Gasteiger partial charge in [-0.25, -0.2) is 9.69 Å². The van der Waals surface area contributed by atoms with E-state index in [1.54, 1.807) is 38.3 Å². The van der Waals surface area contributed by atoms with Crippen molar-refractivity contribution in [3.63, 3.8) is 0 Å². The number of carbonyl (C=O) groups is 3. The molecule has 2 heterocycles. The molecule has 0 bridgehead atoms. The van der Waals surface area contributed by atoms with Crippen LogP contribution < -0.4 is 24.7 Å². The predicted molar refractivity (Wildman–Crippen MR) is 114 cm³/mol. The molecule has 1 aliphatic heterocycles. The highest BCUT2D eigenvalue weighted by molar-refractivity contribution is 6.22. The number of ether oxygens (including phenoxy) is 2. The SMILES string of the molecule is CCOC(=O)c1ccc(N2C(=O)CC(NCc3c([O-])on[n+]3-c3ccc(OC)cc3)C2=O)cc1. The zero-order chi connectivity index (χ0) is 24.2. The zero-order valence-corrected chi connectivity index (χ0v) is 18.5. The third-order valence-corrected chi connectivity index (χ3v) is 5.31. The van der Waals surface area contributed by atoms with E-state index in [0.29, 0.717) is 22.7 Å². The van der Waals surface area contributed by atoms with E-state index >= 15 is 0 Å². The molecule has 1 atom stereocenters. The van der Waals surface area contributed by atoms with Crippen LogP contribution in [-0.4, -0.2) is 42.8 Å². The largest absolute Gasteiger partial charge is 0.539 e. The summed E-state index contributed by atoms with van der Waals surface area (Å²) in [5, 5.41) is 18.9. The van der Waals surface area contributed by atoms with E-state index in [1.807, 2.05) is 0 Å². The zero-order valence-electron chi connectivity index (χ0n) is 18.5. The molecule has 0 saturated carbocycles. The first-order valence-corrected chi connectivity index (χ1v) is 10.5. The summed E-state index contributed by atoms with van der Waals surface area (Å²) in [7, 11) is 1.54. The molecule has 1 unspecified atom stereocenters. The molecule has 0 radical (unpaired) electrons. The summed E-state index contributed by atoms with van der Waals surface area (Å²) in [5.74, 6) is -1.37. The third kappa shape index (κ3) is 4.46.